The Bertz CT molecular complexity index is 642. The van der Waals surface area contributed by atoms with E-state index >= 15 is 0 Å². The molecule has 3 rings (SSSR count). The molecule has 1 aliphatic heterocycles. The van der Waals surface area contributed by atoms with Gasteiger partial charge in [-0.15, -0.1) is 0 Å². The molecular formula is C19H26N4O2. The van der Waals surface area contributed by atoms with E-state index < -0.39 is 0 Å². The molecule has 6 nitrogen and oxygen atoms in total. The Morgan fingerprint density at radius 3 is 2.60 bits per heavy atom. The van der Waals surface area contributed by atoms with Gasteiger partial charge in [-0.25, -0.2) is 4.98 Å². The Labute approximate surface area is 149 Å². The van der Waals surface area contributed by atoms with Crippen molar-refractivity contribution >= 4 is 17.5 Å². The number of hydrogen-bond donors (Lipinski definition) is 1. The van der Waals surface area contributed by atoms with Gasteiger partial charge in [-0.2, -0.15) is 4.98 Å². The van der Waals surface area contributed by atoms with Crippen LogP contribution in [0.1, 0.15) is 25.7 Å². The van der Waals surface area contributed by atoms with Crippen molar-refractivity contribution in [2.75, 3.05) is 43.6 Å². The predicted octanol–water partition coefficient (Wildman–Crippen LogP) is 3.63. The summed E-state index contributed by atoms with van der Waals surface area (Å²) in [5.41, 5.74) is 0.944. The number of benzene rings is 1. The van der Waals surface area contributed by atoms with Crippen LogP contribution in [-0.2, 0) is 4.74 Å². The van der Waals surface area contributed by atoms with Crippen LogP contribution in [0.3, 0.4) is 0 Å². The highest BCUT2D eigenvalue weighted by atomic mass is 16.5. The number of hydrogen-bond acceptors (Lipinski definition) is 6. The third-order valence-electron chi connectivity index (χ3n) is 4.19. The lowest BCUT2D eigenvalue weighted by molar-refractivity contribution is 0.172. The second-order valence-electron chi connectivity index (χ2n) is 6.13. The number of rotatable bonds is 8. The fourth-order valence-corrected chi connectivity index (χ4v) is 2.87. The quantitative estimate of drug-likeness (QED) is 0.739. The van der Waals surface area contributed by atoms with Crippen molar-refractivity contribution in [2.24, 2.45) is 0 Å². The highest BCUT2D eigenvalue weighted by molar-refractivity contribution is 5.56. The zero-order valence-electron chi connectivity index (χ0n) is 14.8. The summed E-state index contributed by atoms with van der Waals surface area (Å²) in [6.45, 7) is 3.52. The Morgan fingerprint density at radius 2 is 1.84 bits per heavy atom. The highest BCUT2D eigenvalue weighted by Gasteiger charge is 2.12. The molecule has 0 spiro atoms. The van der Waals surface area contributed by atoms with E-state index in [-0.39, 0.29) is 0 Å². The van der Waals surface area contributed by atoms with E-state index in [1.165, 1.54) is 19.3 Å². The lowest BCUT2D eigenvalue weighted by Crippen LogP contribution is -2.30. The van der Waals surface area contributed by atoms with Crippen LogP contribution in [0.2, 0.25) is 0 Å². The van der Waals surface area contributed by atoms with Crippen LogP contribution in [0.15, 0.2) is 36.5 Å². The Morgan fingerprint density at radius 1 is 1.04 bits per heavy atom. The van der Waals surface area contributed by atoms with Crippen molar-refractivity contribution in [3.05, 3.63) is 36.5 Å². The van der Waals surface area contributed by atoms with Crippen molar-refractivity contribution in [3.63, 3.8) is 0 Å². The van der Waals surface area contributed by atoms with Crippen molar-refractivity contribution in [2.45, 2.75) is 25.7 Å². The number of methoxy groups -OCH3 is 1. The molecule has 0 aliphatic carbocycles. The molecule has 2 aromatic rings. The number of anilines is 3. The average molecular weight is 342 g/mol. The van der Waals surface area contributed by atoms with E-state index in [0.29, 0.717) is 19.2 Å². The van der Waals surface area contributed by atoms with Gasteiger partial charge >= 0.3 is 0 Å². The molecule has 134 valence electrons. The van der Waals surface area contributed by atoms with Gasteiger partial charge in [-0.05, 0) is 49.6 Å². The van der Waals surface area contributed by atoms with Crippen LogP contribution in [-0.4, -0.2) is 43.4 Å². The van der Waals surface area contributed by atoms with Crippen LogP contribution in [0, 0.1) is 0 Å². The van der Waals surface area contributed by atoms with Gasteiger partial charge in [0.1, 0.15) is 11.6 Å². The molecule has 0 radical (unpaired) electrons. The Hall–Kier alpha value is -2.34. The first-order chi connectivity index (χ1) is 12.3. The molecule has 1 saturated heterocycles. The van der Waals surface area contributed by atoms with Gasteiger partial charge in [0.05, 0.1) is 6.61 Å². The Kier molecular flexibility index (Phi) is 6.45. The Balaban J connectivity index is 1.56. The highest BCUT2D eigenvalue weighted by Crippen LogP contribution is 2.21. The molecule has 0 saturated carbocycles. The molecule has 0 unspecified atom stereocenters. The van der Waals surface area contributed by atoms with E-state index in [4.69, 9.17) is 9.47 Å². The smallest absolute Gasteiger partial charge is 0.229 e. The predicted molar refractivity (Wildman–Crippen MR) is 99.8 cm³/mol. The van der Waals surface area contributed by atoms with Crippen molar-refractivity contribution in [1.82, 2.24) is 9.97 Å². The number of piperidine rings is 1. The second kappa shape index (κ2) is 9.22. The second-order valence-corrected chi connectivity index (χ2v) is 6.13. The fraction of sp³-hybridized carbons (Fsp3) is 0.474. The lowest BCUT2D eigenvalue weighted by atomic mass is 10.1. The largest absolute Gasteiger partial charge is 0.494 e. The normalized spacial score (nSPS) is 14.4. The van der Waals surface area contributed by atoms with Crippen molar-refractivity contribution in [1.29, 1.82) is 0 Å². The van der Waals surface area contributed by atoms with E-state index in [2.05, 4.69) is 20.2 Å². The van der Waals surface area contributed by atoms with Crippen LogP contribution < -0.4 is 15.0 Å². The molecule has 2 heterocycles. The summed E-state index contributed by atoms with van der Waals surface area (Å²) in [6, 6.07) is 9.83. The molecule has 1 fully saturated rings. The summed E-state index contributed by atoms with van der Waals surface area (Å²) >= 11 is 0. The molecule has 0 atom stereocenters. The third kappa shape index (κ3) is 5.32. The minimum absolute atomic E-state index is 0.622. The topological polar surface area (TPSA) is 59.5 Å². The standard InChI is InChI=1S/C19H26N4O2/c1-24-14-5-15-25-17-8-6-16(7-9-17)21-19-20-11-10-18(22-19)23-12-3-2-4-13-23/h6-11H,2-5,12-15H2,1H3,(H,20,21,22). The van der Waals surface area contributed by atoms with Gasteiger partial charge < -0.3 is 19.7 Å². The molecule has 0 bridgehead atoms. The molecular weight excluding hydrogens is 316 g/mol. The van der Waals surface area contributed by atoms with Gasteiger partial charge in [0.2, 0.25) is 5.95 Å². The maximum Gasteiger partial charge on any atom is 0.229 e. The SMILES string of the molecule is COCCCOc1ccc(Nc2nccc(N3CCCCC3)n2)cc1. The minimum Gasteiger partial charge on any atom is -0.494 e. The lowest BCUT2D eigenvalue weighted by Gasteiger charge is -2.27. The summed E-state index contributed by atoms with van der Waals surface area (Å²) in [5, 5.41) is 3.26. The van der Waals surface area contributed by atoms with Crippen LogP contribution in [0.5, 0.6) is 5.75 Å². The van der Waals surface area contributed by atoms with E-state index in [9.17, 15) is 0 Å². The van der Waals surface area contributed by atoms with Crippen molar-refractivity contribution < 1.29 is 9.47 Å². The summed E-state index contributed by atoms with van der Waals surface area (Å²) in [4.78, 5) is 11.3. The van der Waals surface area contributed by atoms with E-state index in [1.807, 2.05) is 36.5 Å². The van der Waals surface area contributed by atoms with Gasteiger partial charge in [-0.3, -0.25) is 0 Å². The summed E-state index contributed by atoms with van der Waals surface area (Å²) in [5.74, 6) is 2.47. The minimum atomic E-state index is 0.622. The number of aromatic nitrogens is 2. The maximum absolute atomic E-state index is 5.67. The summed E-state index contributed by atoms with van der Waals surface area (Å²) in [6.07, 6.45) is 6.48. The third-order valence-corrected chi connectivity index (χ3v) is 4.19. The first-order valence-electron chi connectivity index (χ1n) is 8.92. The first kappa shape index (κ1) is 17.5. The maximum atomic E-state index is 5.67. The number of ether oxygens (including phenoxy) is 2. The zero-order chi connectivity index (χ0) is 17.3. The average Bonchev–Trinajstić information content (AvgIpc) is 2.67. The fourth-order valence-electron chi connectivity index (χ4n) is 2.87. The monoisotopic (exact) mass is 342 g/mol. The number of nitrogens with zero attached hydrogens (tertiary/aromatic N) is 3. The van der Waals surface area contributed by atoms with Crippen molar-refractivity contribution in [3.8, 4) is 5.75 Å². The summed E-state index contributed by atoms with van der Waals surface area (Å²) < 4.78 is 10.7. The molecule has 1 N–H and O–H groups in total. The first-order valence-corrected chi connectivity index (χ1v) is 8.92. The van der Waals surface area contributed by atoms with Crippen LogP contribution in [0.4, 0.5) is 17.5 Å². The molecule has 25 heavy (non-hydrogen) atoms. The van der Waals surface area contributed by atoms with Gasteiger partial charge in [0, 0.05) is 45.1 Å². The molecule has 1 aromatic heterocycles. The van der Waals surface area contributed by atoms with Crippen LogP contribution >= 0.6 is 0 Å². The van der Waals surface area contributed by atoms with Gasteiger partial charge in [0.25, 0.3) is 0 Å². The zero-order valence-corrected chi connectivity index (χ0v) is 14.8. The van der Waals surface area contributed by atoms with Crippen LogP contribution in [0.25, 0.3) is 0 Å². The van der Waals surface area contributed by atoms with E-state index in [0.717, 1.165) is 36.8 Å². The van der Waals surface area contributed by atoms with Gasteiger partial charge in [0.15, 0.2) is 0 Å². The number of nitrogens with one attached hydrogen (secondary N) is 1. The van der Waals surface area contributed by atoms with Gasteiger partial charge in [-0.1, -0.05) is 0 Å². The molecule has 1 aromatic carbocycles. The molecule has 6 heteroatoms. The van der Waals surface area contributed by atoms with E-state index in [1.54, 1.807) is 7.11 Å². The molecule has 1 aliphatic rings. The molecule has 0 amide bonds. The summed E-state index contributed by atoms with van der Waals surface area (Å²) in [7, 11) is 1.70.